The molecule has 0 aromatic rings. The molecular formula is C7H22O10P2. The van der Waals surface area contributed by atoms with Gasteiger partial charge in [-0.05, 0) is 13.8 Å². The Bertz CT molecular complexity index is 171. The van der Waals surface area contributed by atoms with Gasteiger partial charge in [0.2, 0.25) is 0 Å². The van der Waals surface area contributed by atoms with Gasteiger partial charge in [-0.1, -0.05) is 0 Å². The van der Waals surface area contributed by atoms with Gasteiger partial charge >= 0.3 is 17.2 Å². The molecule has 0 heterocycles. The van der Waals surface area contributed by atoms with Crippen LogP contribution in [0.3, 0.4) is 0 Å². The summed E-state index contributed by atoms with van der Waals surface area (Å²) >= 11 is 0. The minimum atomic E-state index is -2.62. The Morgan fingerprint density at radius 1 is 0.684 bits per heavy atom. The van der Waals surface area contributed by atoms with Crippen LogP contribution in [0.5, 0.6) is 0 Å². The first-order chi connectivity index (χ1) is 8.40. The topological polar surface area (TPSA) is 202 Å². The number of hydrogen-bond donors (Lipinski definition) is 10. The average Bonchev–Trinajstić information content (AvgIpc) is 2.17. The van der Waals surface area contributed by atoms with Gasteiger partial charge < -0.3 is 49.8 Å². The SMILES string of the molecule is CC(C)(O)C(CO)(CO)CO.OP(O)O.OP(O)O. The van der Waals surface area contributed by atoms with E-state index in [-0.39, 0.29) is 0 Å². The Hall–Kier alpha value is 0.460. The Morgan fingerprint density at radius 2 is 0.842 bits per heavy atom. The number of rotatable bonds is 4. The summed E-state index contributed by atoms with van der Waals surface area (Å²) in [7, 11) is -5.24. The second-order valence-corrected chi connectivity index (χ2v) is 4.92. The summed E-state index contributed by atoms with van der Waals surface area (Å²) in [6.07, 6.45) is 0. The van der Waals surface area contributed by atoms with Gasteiger partial charge in [0.05, 0.1) is 30.8 Å². The maximum Gasteiger partial charge on any atom is 0.324 e. The summed E-state index contributed by atoms with van der Waals surface area (Å²) in [6, 6.07) is 0. The van der Waals surface area contributed by atoms with E-state index in [0.29, 0.717) is 0 Å². The van der Waals surface area contributed by atoms with Crippen LogP contribution in [0, 0.1) is 5.41 Å². The zero-order valence-corrected chi connectivity index (χ0v) is 12.3. The first kappa shape index (κ1) is 24.5. The van der Waals surface area contributed by atoms with E-state index in [1.807, 2.05) is 0 Å². The largest absolute Gasteiger partial charge is 0.395 e. The van der Waals surface area contributed by atoms with E-state index in [4.69, 9.17) is 44.7 Å². The molecule has 0 aromatic carbocycles. The van der Waals surface area contributed by atoms with Crippen LogP contribution in [0.4, 0.5) is 0 Å². The molecule has 0 saturated carbocycles. The second kappa shape index (κ2) is 12.2. The van der Waals surface area contributed by atoms with E-state index in [1.165, 1.54) is 13.8 Å². The molecule has 120 valence electrons. The first-order valence-corrected chi connectivity index (χ1v) is 7.08. The number of aliphatic hydroxyl groups is 4. The minimum absolute atomic E-state index is 0.441. The van der Waals surface area contributed by atoms with Gasteiger partial charge in [0.1, 0.15) is 0 Å². The maximum absolute atomic E-state index is 9.45. The van der Waals surface area contributed by atoms with Crippen molar-refractivity contribution < 1.29 is 49.8 Å². The minimum Gasteiger partial charge on any atom is -0.395 e. The molecule has 0 radical (unpaired) electrons. The Balaban J connectivity index is -0.000000264. The van der Waals surface area contributed by atoms with E-state index in [2.05, 4.69) is 0 Å². The molecule has 0 aromatic heterocycles. The van der Waals surface area contributed by atoms with Gasteiger partial charge in [0.25, 0.3) is 0 Å². The van der Waals surface area contributed by atoms with E-state index in [0.717, 1.165) is 0 Å². The third-order valence-electron chi connectivity index (χ3n) is 2.21. The van der Waals surface area contributed by atoms with E-state index >= 15 is 0 Å². The van der Waals surface area contributed by atoms with Crippen LogP contribution < -0.4 is 0 Å². The molecule has 0 fully saturated rings. The average molecular weight is 328 g/mol. The van der Waals surface area contributed by atoms with Gasteiger partial charge in [0, 0.05) is 0 Å². The molecule has 0 aliphatic carbocycles. The summed E-state index contributed by atoms with van der Waals surface area (Å²) in [6.45, 7) is 1.56. The summed E-state index contributed by atoms with van der Waals surface area (Å²) in [5, 5.41) is 35.9. The molecule has 0 unspecified atom stereocenters. The molecule has 0 spiro atoms. The van der Waals surface area contributed by atoms with Gasteiger partial charge in [-0.2, -0.15) is 0 Å². The lowest BCUT2D eigenvalue weighted by molar-refractivity contribution is -0.133. The van der Waals surface area contributed by atoms with Crippen LogP contribution in [0.2, 0.25) is 0 Å². The van der Waals surface area contributed by atoms with Crippen molar-refractivity contribution in [2.75, 3.05) is 19.8 Å². The summed E-state index contributed by atoms with van der Waals surface area (Å²) in [4.78, 5) is 43.4. The van der Waals surface area contributed by atoms with Crippen molar-refractivity contribution in [1.82, 2.24) is 0 Å². The summed E-state index contributed by atoms with van der Waals surface area (Å²) < 4.78 is 0. The van der Waals surface area contributed by atoms with Gasteiger partial charge in [-0.25, -0.2) is 0 Å². The van der Waals surface area contributed by atoms with Gasteiger partial charge in [0.15, 0.2) is 0 Å². The summed E-state index contributed by atoms with van der Waals surface area (Å²) in [5.74, 6) is 0. The van der Waals surface area contributed by atoms with Gasteiger partial charge in [-0.3, -0.25) is 0 Å². The van der Waals surface area contributed by atoms with Crippen molar-refractivity contribution in [3.05, 3.63) is 0 Å². The monoisotopic (exact) mass is 328 g/mol. The van der Waals surface area contributed by atoms with Crippen molar-refractivity contribution >= 4 is 17.2 Å². The molecule has 0 aliphatic heterocycles. The van der Waals surface area contributed by atoms with E-state index < -0.39 is 48.0 Å². The van der Waals surface area contributed by atoms with Crippen LogP contribution in [-0.4, -0.2) is 75.2 Å². The fourth-order valence-electron chi connectivity index (χ4n) is 0.730. The Morgan fingerprint density at radius 3 is 0.842 bits per heavy atom. The first-order valence-electron chi connectivity index (χ1n) is 4.68. The maximum atomic E-state index is 9.45. The standard InChI is InChI=1S/C7H16O4.2H3O3P/c1-6(2,11)7(3-8,4-9)5-10;2*1-4(2)3/h8-11H,3-5H2,1-2H3;2*1-3H. The molecular weight excluding hydrogens is 306 g/mol. The molecule has 0 atom stereocenters. The highest BCUT2D eigenvalue weighted by atomic mass is 31.2. The Labute approximate surface area is 112 Å². The van der Waals surface area contributed by atoms with E-state index in [9.17, 15) is 5.11 Å². The van der Waals surface area contributed by atoms with Crippen molar-refractivity contribution in [2.45, 2.75) is 19.4 Å². The van der Waals surface area contributed by atoms with Crippen LogP contribution >= 0.6 is 17.2 Å². The number of aliphatic hydroxyl groups excluding tert-OH is 3. The molecule has 12 heteroatoms. The normalized spacial score (nSPS) is 11.7. The van der Waals surface area contributed by atoms with Crippen LogP contribution in [0.15, 0.2) is 0 Å². The van der Waals surface area contributed by atoms with Crippen molar-refractivity contribution in [3.63, 3.8) is 0 Å². The molecule has 10 N–H and O–H groups in total. The Kier molecular flexibility index (Phi) is 15.7. The molecule has 0 bridgehead atoms. The fraction of sp³-hybridized carbons (Fsp3) is 1.00. The second-order valence-electron chi connectivity index (χ2n) is 3.85. The fourth-order valence-corrected chi connectivity index (χ4v) is 0.730. The smallest absolute Gasteiger partial charge is 0.324 e. The van der Waals surface area contributed by atoms with Crippen LogP contribution in [0.25, 0.3) is 0 Å². The molecule has 19 heavy (non-hydrogen) atoms. The highest BCUT2D eigenvalue weighted by Crippen LogP contribution is 2.29. The molecule has 10 nitrogen and oxygen atoms in total. The quantitative estimate of drug-likeness (QED) is 0.238. The third-order valence-corrected chi connectivity index (χ3v) is 2.21. The van der Waals surface area contributed by atoms with Crippen molar-refractivity contribution in [2.24, 2.45) is 5.41 Å². The zero-order chi connectivity index (χ0) is 16.3. The lowest BCUT2D eigenvalue weighted by Crippen LogP contribution is -2.51. The lowest BCUT2D eigenvalue weighted by atomic mass is 9.76. The third kappa shape index (κ3) is 14.7. The lowest BCUT2D eigenvalue weighted by Gasteiger charge is -2.38. The van der Waals surface area contributed by atoms with Crippen molar-refractivity contribution in [3.8, 4) is 0 Å². The molecule has 0 aliphatic rings. The number of hydrogen-bond acceptors (Lipinski definition) is 10. The molecule has 0 saturated heterocycles. The van der Waals surface area contributed by atoms with Crippen molar-refractivity contribution in [1.29, 1.82) is 0 Å². The highest BCUT2D eigenvalue weighted by Gasteiger charge is 2.42. The predicted molar refractivity (Wildman–Crippen MR) is 67.1 cm³/mol. The molecule has 0 rings (SSSR count). The van der Waals surface area contributed by atoms with Gasteiger partial charge in [-0.15, -0.1) is 0 Å². The van der Waals surface area contributed by atoms with Crippen LogP contribution in [0.1, 0.15) is 13.8 Å². The predicted octanol–water partition coefficient (Wildman–Crippen LogP) is -2.90. The van der Waals surface area contributed by atoms with Crippen LogP contribution in [-0.2, 0) is 0 Å². The highest BCUT2D eigenvalue weighted by molar-refractivity contribution is 7.38. The summed E-state index contributed by atoms with van der Waals surface area (Å²) in [5.41, 5.74) is -2.50. The molecule has 0 amide bonds. The zero-order valence-electron chi connectivity index (χ0n) is 10.5. The van der Waals surface area contributed by atoms with E-state index in [1.54, 1.807) is 0 Å².